The maximum Gasteiger partial charge on any atom is 0.0626 e. The van der Waals surface area contributed by atoms with Gasteiger partial charge < -0.3 is 10.4 Å². The topological polar surface area (TPSA) is 32.3 Å². The molecule has 108 valence electrons. The maximum atomic E-state index is 9.57. The molecule has 0 unspecified atom stereocenters. The quantitative estimate of drug-likeness (QED) is 0.868. The molecule has 0 saturated heterocycles. The minimum absolute atomic E-state index is 0. The van der Waals surface area contributed by atoms with E-state index in [2.05, 4.69) is 37.4 Å². The Morgan fingerprint density at radius 3 is 2.53 bits per heavy atom. The zero-order chi connectivity index (χ0) is 13.0. The van der Waals surface area contributed by atoms with Crippen molar-refractivity contribution in [3.05, 3.63) is 34.9 Å². The van der Waals surface area contributed by atoms with E-state index >= 15 is 0 Å². The average Bonchev–Trinajstić information content (AvgIpc) is 2.44. The van der Waals surface area contributed by atoms with E-state index in [9.17, 15) is 5.11 Å². The molecule has 1 aliphatic carbocycles. The molecule has 1 aromatic rings. The van der Waals surface area contributed by atoms with Gasteiger partial charge >= 0.3 is 0 Å². The summed E-state index contributed by atoms with van der Waals surface area (Å²) < 4.78 is 0. The molecule has 0 radical (unpaired) electrons. The van der Waals surface area contributed by atoms with Gasteiger partial charge in [-0.05, 0) is 55.7 Å². The van der Waals surface area contributed by atoms with Crippen molar-refractivity contribution in [2.24, 2.45) is 0 Å². The van der Waals surface area contributed by atoms with E-state index in [1.807, 2.05) is 0 Å². The number of fused-ring (bicyclic) bond motifs is 1. The molecule has 2 rings (SSSR count). The van der Waals surface area contributed by atoms with Crippen molar-refractivity contribution in [2.75, 3.05) is 6.61 Å². The summed E-state index contributed by atoms with van der Waals surface area (Å²) in [5.41, 5.74) is 4.23. The predicted molar refractivity (Wildman–Crippen MR) is 83.0 cm³/mol. The first-order chi connectivity index (χ1) is 8.74. The number of hydrogen-bond donors (Lipinski definition) is 2. The van der Waals surface area contributed by atoms with Gasteiger partial charge in [0, 0.05) is 6.04 Å². The number of benzene rings is 1. The normalized spacial score (nSPS) is 17.2. The summed E-state index contributed by atoms with van der Waals surface area (Å²) in [5.74, 6) is 0. The van der Waals surface area contributed by atoms with Crippen LogP contribution in [0.2, 0.25) is 0 Å². The second-order valence-corrected chi connectivity index (χ2v) is 5.45. The number of nitrogens with one attached hydrogen (secondary N) is 1. The van der Waals surface area contributed by atoms with Gasteiger partial charge in [0.05, 0.1) is 12.6 Å². The molecule has 0 saturated carbocycles. The highest BCUT2D eigenvalue weighted by Crippen LogP contribution is 2.25. The van der Waals surface area contributed by atoms with Gasteiger partial charge in [-0.2, -0.15) is 0 Å². The molecule has 0 aromatic heterocycles. The van der Waals surface area contributed by atoms with Gasteiger partial charge in [0.25, 0.3) is 0 Å². The molecule has 1 aliphatic rings. The zero-order valence-electron chi connectivity index (χ0n) is 12.0. The molecule has 1 aromatic carbocycles. The molecule has 0 spiro atoms. The summed E-state index contributed by atoms with van der Waals surface area (Å²) in [6.07, 6.45) is 6.13. The summed E-state index contributed by atoms with van der Waals surface area (Å²) in [7, 11) is 0. The number of halogens is 1. The van der Waals surface area contributed by atoms with Crippen molar-refractivity contribution in [3.8, 4) is 0 Å². The van der Waals surface area contributed by atoms with Gasteiger partial charge in [-0.25, -0.2) is 0 Å². The van der Waals surface area contributed by atoms with Crippen LogP contribution in [-0.2, 0) is 12.8 Å². The van der Waals surface area contributed by atoms with Crippen LogP contribution in [-0.4, -0.2) is 17.8 Å². The van der Waals surface area contributed by atoms with Gasteiger partial charge in [0.2, 0.25) is 0 Å². The summed E-state index contributed by atoms with van der Waals surface area (Å²) in [6, 6.07) is 7.25. The van der Waals surface area contributed by atoms with Crippen molar-refractivity contribution in [1.82, 2.24) is 5.32 Å². The van der Waals surface area contributed by atoms with E-state index < -0.39 is 0 Å². The first-order valence-electron chi connectivity index (χ1n) is 7.23. The molecule has 2 N–H and O–H groups in total. The Morgan fingerprint density at radius 2 is 1.89 bits per heavy atom. The van der Waals surface area contributed by atoms with Crippen LogP contribution < -0.4 is 5.32 Å². The number of aryl methyl sites for hydroxylation is 2. The van der Waals surface area contributed by atoms with E-state index in [4.69, 9.17) is 0 Å². The summed E-state index contributed by atoms with van der Waals surface area (Å²) in [6.45, 7) is 4.50. The van der Waals surface area contributed by atoms with Crippen LogP contribution in [0.15, 0.2) is 18.2 Å². The van der Waals surface area contributed by atoms with Crippen molar-refractivity contribution in [1.29, 1.82) is 0 Å². The van der Waals surface area contributed by atoms with Gasteiger partial charge in [-0.3, -0.25) is 0 Å². The highest BCUT2D eigenvalue weighted by atomic mass is 35.5. The zero-order valence-corrected chi connectivity index (χ0v) is 12.8. The number of rotatable bonds is 5. The predicted octanol–water partition coefficient (Wildman–Crippen LogP) is 3.41. The maximum absolute atomic E-state index is 9.57. The van der Waals surface area contributed by atoms with Crippen molar-refractivity contribution in [3.63, 3.8) is 0 Å². The second-order valence-electron chi connectivity index (χ2n) is 5.45. The molecular weight excluding hydrogens is 258 g/mol. The highest BCUT2D eigenvalue weighted by Gasteiger charge is 2.15. The monoisotopic (exact) mass is 283 g/mol. The third-order valence-corrected chi connectivity index (χ3v) is 4.06. The highest BCUT2D eigenvalue weighted by molar-refractivity contribution is 5.85. The van der Waals surface area contributed by atoms with Crippen LogP contribution in [0.1, 0.15) is 55.8 Å². The van der Waals surface area contributed by atoms with Gasteiger partial charge in [-0.1, -0.05) is 25.1 Å². The first-order valence-corrected chi connectivity index (χ1v) is 7.23. The van der Waals surface area contributed by atoms with E-state index in [1.54, 1.807) is 0 Å². The van der Waals surface area contributed by atoms with Gasteiger partial charge in [0.1, 0.15) is 0 Å². The Balaban J connectivity index is 0.00000180. The van der Waals surface area contributed by atoms with Crippen LogP contribution >= 0.6 is 12.4 Å². The second kappa shape index (κ2) is 7.88. The smallest absolute Gasteiger partial charge is 0.0626 e. The van der Waals surface area contributed by atoms with Gasteiger partial charge in [-0.15, -0.1) is 12.4 Å². The Labute approximate surface area is 123 Å². The minimum atomic E-state index is 0. The fourth-order valence-electron chi connectivity index (χ4n) is 2.69. The van der Waals surface area contributed by atoms with Crippen LogP contribution in [0, 0.1) is 0 Å². The minimum Gasteiger partial charge on any atom is -0.394 e. The van der Waals surface area contributed by atoms with E-state index in [0.29, 0.717) is 6.04 Å². The number of aliphatic hydroxyl groups excluding tert-OH is 1. The van der Waals surface area contributed by atoms with Crippen LogP contribution in [0.5, 0.6) is 0 Å². The molecular formula is C16H26ClNO. The lowest BCUT2D eigenvalue weighted by atomic mass is 9.89. The molecule has 3 heteroatoms. The first kappa shape index (κ1) is 16.5. The van der Waals surface area contributed by atoms with Crippen molar-refractivity contribution in [2.45, 2.75) is 58.0 Å². The average molecular weight is 284 g/mol. The lowest BCUT2D eigenvalue weighted by Gasteiger charge is -2.23. The molecule has 0 aliphatic heterocycles. The lowest BCUT2D eigenvalue weighted by molar-refractivity contribution is 0.234. The Bertz CT molecular complexity index is 394. The lowest BCUT2D eigenvalue weighted by Crippen LogP contribution is -2.32. The van der Waals surface area contributed by atoms with E-state index in [-0.39, 0.29) is 25.1 Å². The summed E-state index contributed by atoms with van der Waals surface area (Å²) in [5, 5.41) is 13.1. The SMILES string of the molecule is CC[C@H](C)N[C@@H](CO)c1ccc2c(c1)CCCC2.Cl. The largest absolute Gasteiger partial charge is 0.394 e. The van der Waals surface area contributed by atoms with Crippen LogP contribution in [0.4, 0.5) is 0 Å². The molecule has 0 bridgehead atoms. The standard InChI is InChI=1S/C16H25NO.ClH/c1-3-12(2)17-16(11-18)15-9-8-13-6-4-5-7-14(13)10-15;/h8-10,12,16-18H,3-7,11H2,1-2H3;1H/t12-,16-;/m0./s1. The van der Waals surface area contributed by atoms with E-state index in [1.165, 1.54) is 42.4 Å². The Hall–Kier alpha value is -0.570. The molecule has 0 heterocycles. The fourth-order valence-corrected chi connectivity index (χ4v) is 2.69. The molecule has 2 nitrogen and oxygen atoms in total. The third-order valence-electron chi connectivity index (χ3n) is 4.06. The molecule has 19 heavy (non-hydrogen) atoms. The van der Waals surface area contributed by atoms with Crippen molar-refractivity contribution >= 4 is 12.4 Å². The third kappa shape index (κ3) is 4.20. The van der Waals surface area contributed by atoms with Crippen molar-refractivity contribution < 1.29 is 5.11 Å². The summed E-state index contributed by atoms with van der Waals surface area (Å²) in [4.78, 5) is 0. The van der Waals surface area contributed by atoms with Crippen LogP contribution in [0.25, 0.3) is 0 Å². The Kier molecular flexibility index (Phi) is 6.84. The number of hydrogen-bond acceptors (Lipinski definition) is 2. The van der Waals surface area contributed by atoms with Crippen LogP contribution in [0.3, 0.4) is 0 Å². The number of aliphatic hydroxyl groups is 1. The Morgan fingerprint density at radius 1 is 1.21 bits per heavy atom. The summed E-state index contributed by atoms with van der Waals surface area (Å²) >= 11 is 0. The molecule has 2 atom stereocenters. The molecule has 0 fully saturated rings. The fraction of sp³-hybridized carbons (Fsp3) is 0.625. The van der Waals surface area contributed by atoms with Gasteiger partial charge in [0.15, 0.2) is 0 Å². The van der Waals surface area contributed by atoms with E-state index in [0.717, 1.165) is 6.42 Å². The molecule has 0 amide bonds.